The Hall–Kier alpha value is -0.480. The number of nitrogens with two attached hydrogens (primary N) is 2. The molecule has 1 aliphatic carbocycles. The number of nitrogens with one attached hydrogen (secondary N) is 3. The van der Waals surface area contributed by atoms with E-state index >= 15 is 0 Å². The van der Waals surface area contributed by atoms with Gasteiger partial charge in [0.05, 0.1) is 23.7 Å². The molecule has 5 atom stereocenters. The number of aliphatic hydroxyl groups is 1. The number of alkyl halides is 1. The molecule has 1 amide bonds. The summed E-state index contributed by atoms with van der Waals surface area (Å²) >= 11 is 6.61. The predicted octanol–water partition coefficient (Wildman–Crippen LogP) is 1.24. The van der Waals surface area contributed by atoms with Crippen LogP contribution in [-0.2, 0) is 4.79 Å². The molecule has 0 radical (unpaired) electrons. The number of amides is 1. The van der Waals surface area contributed by atoms with Crippen LogP contribution < -0.4 is 27.4 Å². The maximum atomic E-state index is 13.8. The standard InChI is InChI=1S/C26H49ClN6O2/c1-25(35)10-13-33(14-11-25)21-6-12-30-17-20(21)32-24(34)22(23(28)29)19-15-26(7-2-3-8-26)9-4-5-18(27)16-31-19/h18-23,30-31,35H,2-17,28-29H2,1H3,(H,32,34). The van der Waals surface area contributed by atoms with Gasteiger partial charge < -0.3 is 32.5 Å². The van der Waals surface area contributed by atoms with Crippen molar-refractivity contribution in [2.45, 2.75) is 113 Å². The molecule has 4 aliphatic rings. The maximum Gasteiger partial charge on any atom is 0.227 e. The fraction of sp³-hybridized carbons (Fsp3) is 0.962. The van der Waals surface area contributed by atoms with Crippen LogP contribution in [0.2, 0.25) is 0 Å². The second-order valence-electron chi connectivity index (χ2n) is 12.2. The van der Waals surface area contributed by atoms with E-state index in [2.05, 4.69) is 20.9 Å². The number of nitrogens with zero attached hydrogens (tertiary/aromatic N) is 1. The third kappa shape index (κ3) is 7.09. The zero-order valence-electron chi connectivity index (χ0n) is 21.6. The first kappa shape index (κ1) is 27.6. The van der Waals surface area contributed by atoms with E-state index in [4.69, 9.17) is 23.1 Å². The van der Waals surface area contributed by atoms with E-state index in [1.54, 1.807) is 0 Å². The quantitative estimate of drug-likeness (QED) is 0.241. The van der Waals surface area contributed by atoms with Crippen LogP contribution in [-0.4, -0.2) is 83.9 Å². The van der Waals surface area contributed by atoms with Crippen LogP contribution in [0, 0.1) is 11.3 Å². The molecule has 8 nitrogen and oxygen atoms in total. The molecule has 0 bridgehead atoms. The van der Waals surface area contributed by atoms with Crippen molar-refractivity contribution in [3.05, 3.63) is 0 Å². The lowest BCUT2D eigenvalue weighted by Gasteiger charge is -2.45. The highest BCUT2D eigenvalue weighted by Gasteiger charge is 2.43. The van der Waals surface area contributed by atoms with E-state index in [0.29, 0.717) is 6.54 Å². The summed E-state index contributed by atoms with van der Waals surface area (Å²) in [6.07, 6.45) is 11.0. The van der Waals surface area contributed by atoms with Gasteiger partial charge in [-0.25, -0.2) is 0 Å². The number of hydrogen-bond acceptors (Lipinski definition) is 7. The molecule has 5 unspecified atom stereocenters. The minimum atomic E-state index is -0.736. The monoisotopic (exact) mass is 512 g/mol. The van der Waals surface area contributed by atoms with Crippen molar-refractivity contribution in [3.63, 3.8) is 0 Å². The van der Waals surface area contributed by atoms with Gasteiger partial charge in [0.25, 0.3) is 0 Å². The number of rotatable bonds is 5. The SMILES string of the molecule is CC1(O)CCN(C2CCNCC2NC(=O)C(C(N)N)C2CC3(CCCC3)CCCC(Cl)CN2)CC1. The van der Waals surface area contributed by atoms with Gasteiger partial charge in [-0.05, 0) is 70.3 Å². The van der Waals surface area contributed by atoms with E-state index in [1.807, 2.05) is 6.92 Å². The molecule has 9 heteroatoms. The van der Waals surface area contributed by atoms with Gasteiger partial charge in [0.15, 0.2) is 0 Å². The van der Waals surface area contributed by atoms with E-state index in [-0.39, 0.29) is 34.8 Å². The van der Waals surface area contributed by atoms with Crippen molar-refractivity contribution < 1.29 is 9.90 Å². The molecule has 0 aromatic carbocycles. The van der Waals surface area contributed by atoms with Crippen molar-refractivity contribution in [3.8, 4) is 0 Å². The summed E-state index contributed by atoms with van der Waals surface area (Å²) in [5.41, 5.74) is 12.3. The third-order valence-electron chi connectivity index (χ3n) is 9.41. The Morgan fingerprint density at radius 2 is 1.77 bits per heavy atom. The van der Waals surface area contributed by atoms with E-state index < -0.39 is 17.7 Å². The van der Waals surface area contributed by atoms with E-state index in [1.165, 1.54) is 32.1 Å². The van der Waals surface area contributed by atoms with Crippen LogP contribution in [0.15, 0.2) is 0 Å². The van der Waals surface area contributed by atoms with Crippen LogP contribution >= 0.6 is 11.6 Å². The van der Waals surface area contributed by atoms with Crippen molar-refractivity contribution in [1.82, 2.24) is 20.9 Å². The van der Waals surface area contributed by atoms with Crippen molar-refractivity contribution >= 4 is 17.5 Å². The fourth-order valence-electron chi connectivity index (χ4n) is 7.22. The molecule has 1 spiro atoms. The number of halogens is 1. The Balaban J connectivity index is 1.47. The molecule has 3 heterocycles. The lowest BCUT2D eigenvalue weighted by atomic mass is 9.73. The topological polar surface area (TPSA) is 129 Å². The number of carbonyl (C=O) groups excluding carboxylic acids is 1. The summed E-state index contributed by atoms with van der Waals surface area (Å²) < 4.78 is 0. The fourth-order valence-corrected chi connectivity index (χ4v) is 7.47. The second kappa shape index (κ2) is 11.9. The summed E-state index contributed by atoms with van der Waals surface area (Å²) in [5, 5.41) is 20.9. The average molecular weight is 513 g/mol. The molecule has 8 N–H and O–H groups in total. The normalized spacial score (nSPS) is 35.3. The molecular weight excluding hydrogens is 464 g/mol. The van der Waals surface area contributed by atoms with Crippen LogP contribution in [0.1, 0.15) is 77.6 Å². The molecule has 202 valence electrons. The zero-order chi connectivity index (χ0) is 25.1. The Morgan fingerprint density at radius 3 is 2.46 bits per heavy atom. The Labute approximate surface area is 216 Å². The summed E-state index contributed by atoms with van der Waals surface area (Å²) in [7, 11) is 0. The molecule has 0 aromatic heterocycles. The smallest absolute Gasteiger partial charge is 0.227 e. The number of likely N-dealkylation sites (tertiary alicyclic amines) is 1. The van der Waals surface area contributed by atoms with Gasteiger partial charge in [-0.1, -0.05) is 19.3 Å². The van der Waals surface area contributed by atoms with Gasteiger partial charge in [0, 0.05) is 43.6 Å². The molecule has 4 fully saturated rings. The molecule has 3 aliphatic heterocycles. The first-order chi connectivity index (χ1) is 16.7. The summed E-state index contributed by atoms with van der Waals surface area (Å²) in [6, 6.07) is 0.179. The zero-order valence-corrected chi connectivity index (χ0v) is 22.4. The van der Waals surface area contributed by atoms with Crippen LogP contribution in [0.25, 0.3) is 0 Å². The Kier molecular flexibility index (Phi) is 9.39. The van der Waals surface area contributed by atoms with Crippen molar-refractivity contribution in [1.29, 1.82) is 0 Å². The third-order valence-corrected chi connectivity index (χ3v) is 9.78. The Morgan fingerprint density at radius 1 is 1.09 bits per heavy atom. The summed E-state index contributed by atoms with van der Waals surface area (Å²) in [6.45, 7) is 5.99. The lowest BCUT2D eigenvalue weighted by molar-refractivity contribution is -0.128. The minimum absolute atomic E-state index is 0.00176. The average Bonchev–Trinajstić information content (AvgIpc) is 3.28. The summed E-state index contributed by atoms with van der Waals surface area (Å²) in [4.78, 5) is 16.3. The molecule has 0 aromatic rings. The first-order valence-electron chi connectivity index (χ1n) is 14.0. The molecule has 1 saturated carbocycles. The second-order valence-corrected chi connectivity index (χ2v) is 12.8. The highest BCUT2D eigenvalue weighted by Crippen LogP contribution is 2.47. The van der Waals surface area contributed by atoms with E-state index in [9.17, 15) is 9.90 Å². The lowest BCUT2D eigenvalue weighted by Crippen LogP contribution is -2.65. The van der Waals surface area contributed by atoms with Gasteiger partial charge in [-0.15, -0.1) is 11.6 Å². The number of carbonyl (C=O) groups is 1. The number of piperidine rings is 2. The van der Waals surface area contributed by atoms with Gasteiger partial charge >= 0.3 is 0 Å². The summed E-state index contributed by atoms with van der Waals surface area (Å²) in [5.74, 6) is -0.544. The predicted molar refractivity (Wildman–Crippen MR) is 141 cm³/mol. The highest BCUT2D eigenvalue weighted by molar-refractivity contribution is 6.20. The van der Waals surface area contributed by atoms with Crippen molar-refractivity contribution in [2.75, 3.05) is 32.7 Å². The van der Waals surface area contributed by atoms with Crippen molar-refractivity contribution in [2.24, 2.45) is 22.8 Å². The maximum absolute atomic E-state index is 13.8. The highest BCUT2D eigenvalue weighted by atomic mass is 35.5. The first-order valence-corrected chi connectivity index (χ1v) is 14.5. The minimum Gasteiger partial charge on any atom is -0.390 e. The largest absolute Gasteiger partial charge is 0.390 e. The number of hydrogen-bond donors (Lipinski definition) is 6. The van der Waals surface area contributed by atoms with E-state index in [0.717, 1.165) is 64.7 Å². The van der Waals surface area contributed by atoms with Crippen LogP contribution in [0.3, 0.4) is 0 Å². The van der Waals surface area contributed by atoms with Gasteiger partial charge in [0.1, 0.15) is 0 Å². The van der Waals surface area contributed by atoms with Gasteiger partial charge in [0.2, 0.25) is 5.91 Å². The molecule has 4 rings (SSSR count). The van der Waals surface area contributed by atoms with Gasteiger partial charge in [-0.2, -0.15) is 0 Å². The molecular formula is C26H49ClN6O2. The molecule has 3 saturated heterocycles. The van der Waals surface area contributed by atoms with Gasteiger partial charge in [-0.3, -0.25) is 9.69 Å². The van der Waals surface area contributed by atoms with Crippen LogP contribution in [0.4, 0.5) is 0 Å². The van der Waals surface area contributed by atoms with Crippen LogP contribution in [0.5, 0.6) is 0 Å². The Bertz CT molecular complexity index is 691. The molecule has 35 heavy (non-hydrogen) atoms.